The summed E-state index contributed by atoms with van der Waals surface area (Å²) in [7, 11) is 0. The highest BCUT2D eigenvalue weighted by Gasteiger charge is 2.13. The van der Waals surface area contributed by atoms with Crippen molar-refractivity contribution in [2.24, 2.45) is 0 Å². The van der Waals surface area contributed by atoms with Crippen molar-refractivity contribution in [2.45, 2.75) is 38.5 Å². The number of phenolic OH excluding ortho intramolecular Hbond substituents is 3. The fraction of sp³-hybridized carbons (Fsp3) is 0.269. The molecule has 0 heterocycles. The Balaban J connectivity index is 1.48. The highest BCUT2D eigenvalue weighted by molar-refractivity contribution is 5.78. The second kappa shape index (κ2) is 11.4. The van der Waals surface area contributed by atoms with Crippen molar-refractivity contribution in [2.75, 3.05) is 6.54 Å². The van der Waals surface area contributed by atoms with Gasteiger partial charge >= 0.3 is 0 Å². The number of nitrogens with one attached hydrogen (secondary N) is 2. The zero-order valence-electron chi connectivity index (χ0n) is 18.5. The molecular weight excluding hydrogens is 420 g/mol. The molecule has 0 aliphatic rings. The van der Waals surface area contributed by atoms with E-state index in [-0.39, 0.29) is 48.7 Å². The molecule has 0 aromatic heterocycles. The van der Waals surface area contributed by atoms with Gasteiger partial charge in [-0.25, -0.2) is 0 Å². The average molecular weight is 451 g/mol. The summed E-state index contributed by atoms with van der Waals surface area (Å²) in [6, 6.07) is 18.8. The molecule has 3 rings (SSSR count). The van der Waals surface area contributed by atoms with E-state index < -0.39 is 6.10 Å². The Hall–Kier alpha value is -3.55. The summed E-state index contributed by atoms with van der Waals surface area (Å²) >= 11 is 0. The number of aromatic hydroxyl groups is 3. The molecule has 0 aliphatic heterocycles. The van der Waals surface area contributed by atoms with Crippen molar-refractivity contribution in [1.29, 1.82) is 0 Å². The Bertz CT molecular complexity index is 1070. The molecule has 0 saturated carbocycles. The van der Waals surface area contributed by atoms with Crippen LogP contribution in [0.15, 0.2) is 66.7 Å². The molecule has 0 saturated heterocycles. The van der Waals surface area contributed by atoms with Crippen LogP contribution >= 0.6 is 0 Å². The van der Waals surface area contributed by atoms with Crippen LogP contribution in [-0.4, -0.2) is 38.9 Å². The van der Waals surface area contributed by atoms with Gasteiger partial charge in [0.2, 0.25) is 5.91 Å². The van der Waals surface area contributed by atoms with Crippen molar-refractivity contribution in [3.8, 4) is 17.2 Å². The molecule has 0 fully saturated rings. The van der Waals surface area contributed by atoms with Crippen LogP contribution in [0.25, 0.3) is 0 Å². The minimum absolute atomic E-state index is 0.0516. The van der Waals surface area contributed by atoms with Crippen LogP contribution < -0.4 is 10.6 Å². The molecule has 0 aliphatic carbocycles. The average Bonchev–Trinajstić information content (AvgIpc) is 2.76. The molecule has 7 heteroatoms. The van der Waals surface area contributed by atoms with Crippen molar-refractivity contribution in [1.82, 2.24) is 10.6 Å². The van der Waals surface area contributed by atoms with Gasteiger partial charge < -0.3 is 31.1 Å². The van der Waals surface area contributed by atoms with Gasteiger partial charge in [0, 0.05) is 30.8 Å². The van der Waals surface area contributed by atoms with Gasteiger partial charge in [0.25, 0.3) is 0 Å². The number of rotatable bonds is 10. The number of amides is 1. The Labute approximate surface area is 193 Å². The number of phenols is 3. The SMILES string of the molecule is C[C@H](Cc1cccc(CC(=O)NCc2ccccc2O)c1)NCC(O)c1cc(O)cc(O)c1. The van der Waals surface area contributed by atoms with Gasteiger partial charge in [-0.1, -0.05) is 42.5 Å². The van der Waals surface area contributed by atoms with Crippen molar-refractivity contribution >= 4 is 5.91 Å². The van der Waals surface area contributed by atoms with Crippen LogP contribution in [-0.2, 0) is 24.2 Å². The summed E-state index contributed by atoms with van der Waals surface area (Å²) in [5.41, 5.74) is 3.06. The molecular formula is C26H30N2O5. The summed E-state index contributed by atoms with van der Waals surface area (Å²) in [5.74, 6) is -0.164. The summed E-state index contributed by atoms with van der Waals surface area (Å²) in [5, 5.41) is 45.4. The lowest BCUT2D eigenvalue weighted by Gasteiger charge is -2.18. The lowest BCUT2D eigenvalue weighted by molar-refractivity contribution is -0.120. The number of carbonyl (C=O) groups is 1. The van der Waals surface area contributed by atoms with Gasteiger partial charge in [-0.05, 0) is 48.2 Å². The summed E-state index contributed by atoms with van der Waals surface area (Å²) in [6.45, 7) is 2.53. The molecule has 1 unspecified atom stereocenters. The van der Waals surface area contributed by atoms with Gasteiger partial charge in [-0.15, -0.1) is 0 Å². The number of hydrogen-bond donors (Lipinski definition) is 6. The molecule has 174 valence electrons. The standard InChI is InChI=1S/C26H30N2O5/c1-17(27-16-25(32)21-12-22(29)14-23(30)13-21)9-18-5-4-6-19(10-18)11-26(33)28-15-20-7-2-3-8-24(20)31/h2-8,10,12-14,17,25,27,29-32H,9,11,15-16H2,1H3,(H,28,33)/t17-,25?/m1/s1. The second-order valence-corrected chi connectivity index (χ2v) is 8.21. The third kappa shape index (κ3) is 7.52. The maximum Gasteiger partial charge on any atom is 0.224 e. The summed E-state index contributed by atoms with van der Waals surface area (Å²) in [4.78, 5) is 12.3. The summed E-state index contributed by atoms with van der Waals surface area (Å²) < 4.78 is 0. The van der Waals surface area contributed by atoms with E-state index in [9.17, 15) is 25.2 Å². The smallest absolute Gasteiger partial charge is 0.224 e. The first-order valence-electron chi connectivity index (χ1n) is 10.9. The number of aliphatic hydroxyl groups excluding tert-OH is 1. The predicted octanol–water partition coefficient (Wildman–Crippen LogP) is 2.92. The number of benzene rings is 3. The lowest BCUT2D eigenvalue weighted by atomic mass is 10.0. The van der Waals surface area contributed by atoms with E-state index in [2.05, 4.69) is 10.6 Å². The van der Waals surface area contributed by atoms with Crippen LogP contribution in [0.5, 0.6) is 17.2 Å². The van der Waals surface area contributed by atoms with E-state index >= 15 is 0 Å². The Morgan fingerprint density at radius 1 is 0.909 bits per heavy atom. The van der Waals surface area contributed by atoms with E-state index in [1.54, 1.807) is 18.2 Å². The second-order valence-electron chi connectivity index (χ2n) is 8.21. The van der Waals surface area contributed by atoms with E-state index in [1.165, 1.54) is 18.2 Å². The van der Waals surface area contributed by atoms with Crippen LogP contribution in [0.1, 0.15) is 35.3 Å². The highest BCUT2D eigenvalue weighted by atomic mass is 16.3. The van der Waals surface area contributed by atoms with Gasteiger partial charge in [0.15, 0.2) is 0 Å². The fourth-order valence-corrected chi connectivity index (χ4v) is 3.64. The van der Waals surface area contributed by atoms with E-state index in [1.807, 2.05) is 37.3 Å². The van der Waals surface area contributed by atoms with Crippen molar-refractivity contribution in [3.05, 3.63) is 89.0 Å². The summed E-state index contributed by atoms with van der Waals surface area (Å²) in [6.07, 6.45) is 0.0680. The zero-order valence-corrected chi connectivity index (χ0v) is 18.5. The van der Waals surface area contributed by atoms with Gasteiger partial charge in [0.05, 0.1) is 12.5 Å². The van der Waals surface area contributed by atoms with Crippen LogP contribution in [0, 0.1) is 0 Å². The molecule has 33 heavy (non-hydrogen) atoms. The van der Waals surface area contributed by atoms with E-state index in [0.29, 0.717) is 17.5 Å². The Morgan fingerprint density at radius 2 is 1.61 bits per heavy atom. The largest absolute Gasteiger partial charge is 0.508 e. The van der Waals surface area contributed by atoms with Crippen molar-refractivity contribution in [3.63, 3.8) is 0 Å². The molecule has 0 bridgehead atoms. The van der Waals surface area contributed by atoms with Crippen LogP contribution in [0.2, 0.25) is 0 Å². The number of para-hydroxylation sites is 1. The molecule has 0 radical (unpaired) electrons. The maximum atomic E-state index is 12.3. The zero-order chi connectivity index (χ0) is 23.8. The van der Waals surface area contributed by atoms with E-state index in [0.717, 1.165) is 11.1 Å². The highest BCUT2D eigenvalue weighted by Crippen LogP contribution is 2.24. The first-order chi connectivity index (χ1) is 15.8. The first kappa shape index (κ1) is 24.1. The van der Waals surface area contributed by atoms with Crippen LogP contribution in [0.4, 0.5) is 0 Å². The maximum absolute atomic E-state index is 12.3. The molecule has 7 nitrogen and oxygen atoms in total. The quantitative estimate of drug-likeness (QED) is 0.282. The predicted molar refractivity (Wildman–Crippen MR) is 126 cm³/mol. The Kier molecular flexibility index (Phi) is 8.29. The molecule has 0 spiro atoms. The number of carbonyl (C=O) groups excluding carboxylic acids is 1. The third-order valence-electron chi connectivity index (χ3n) is 5.33. The van der Waals surface area contributed by atoms with Gasteiger partial charge in [0.1, 0.15) is 17.2 Å². The molecule has 2 atom stereocenters. The monoisotopic (exact) mass is 450 g/mol. The topological polar surface area (TPSA) is 122 Å². The van der Waals surface area contributed by atoms with Crippen LogP contribution in [0.3, 0.4) is 0 Å². The minimum Gasteiger partial charge on any atom is -0.508 e. The third-order valence-corrected chi connectivity index (χ3v) is 5.33. The number of aliphatic hydroxyl groups is 1. The normalized spacial score (nSPS) is 12.8. The Morgan fingerprint density at radius 3 is 2.33 bits per heavy atom. The first-order valence-corrected chi connectivity index (χ1v) is 10.9. The van der Waals surface area contributed by atoms with Gasteiger partial charge in [-0.2, -0.15) is 0 Å². The van der Waals surface area contributed by atoms with Crippen molar-refractivity contribution < 1.29 is 25.2 Å². The van der Waals surface area contributed by atoms with Gasteiger partial charge in [-0.3, -0.25) is 4.79 Å². The molecule has 6 N–H and O–H groups in total. The molecule has 1 amide bonds. The number of hydrogen-bond acceptors (Lipinski definition) is 6. The van der Waals surface area contributed by atoms with E-state index in [4.69, 9.17) is 0 Å². The lowest BCUT2D eigenvalue weighted by Crippen LogP contribution is -2.32. The minimum atomic E-state index is -0.871. The molecule has 3 aromatic rings. The molecule has 3 aromatic carbocycles. The fourth-order valence-electron chi connectivity index (χ4n) is 3.64.